The number of benzene rings is 1. The molecule has 1 aromatic rings. The van der Waals surface area contributed by atoms with Crippen LogP contribution < -0.4 is 0 Å². The van der Waals surface area contributed by atoms with Crippen LogP contribution in [-0.4, -0.2) is 12.8 Å². The molecule has 0 saturated carbocycles. The number of hydrogen-bond donors (Lipinski definition) is 0. The molecule has 0 N–H and O–H groups in total. The highest BCUT2D eigenvalue weighted by atomic mass is 14.7. The van der Waals surface area contributed by atoms with Crippen molar-refractivity contribution in [3.63, 3.8) is 0 Å². The summed E-state index contributed by atoms with van der Waals surface area (Å²) in [6.45, 7) is 5.13. The summed E-state index contributed by atoms with van der Waals surface area (Å²) >= 11 is 0. The predicted molar refractivity (Wildman–Crippen MR) is 61.9 cm³/mol. The molecule has 1 aliphatic rings. The van der Waals surface area contributed by atoms with Crippen LogP contribution in [0.3, 0.4) is 0 Å². The van der Waals surface area contributed by atoms with Crippen LogP contribution in [0.5, 0.6) is 0 Å². The van der Waals surface area contributed by atoms with E-state index in [4.69, 9.17) is 0 Å². The van der Waals surface area contributed by atoms with Crippen LogP contribution in [0.2, 0.25) is 0 Å². The number of aryl methyl sites for hydroxylation is 2. The molecule has 1 nitrogen and oxygen atoms in total. The first-order chi connectivity index (χ1) is 6.75. The Bertz CT molecular complexity index is 379. The lowest BCUT2D eigenvalue weighted by Crippen LogP contribution is -1.94. The number of allylic oxidation sites excluding steroid dienone is 1. The highest BCUT2D eigenvalue weighted by molar-refractivity contribution is 5.81. The van der Waals surface area contributed by atoms with Crippen molar-refractivity contribution >= 4 is 11.8 Å². The molecule has 14 heavy (non-hydrogen) atoms. The van der Waals surface area contributed by atoms with Crippen molar-refractivity contribution < 1.29 is 0 Å². The summed E-state index contributed by atoms with van der Waals surface area (Å²) in [6.07, 6.45) is 5.20. The Hall–Kier alpha value is -1.37. The van der Waals surface area contributed by atoms with Crippen LogP contribution in [0.4, 0.5) is 0 Å². The average Bonchev–Trinajstić information content (AvgIpc) is 2.18. The molecule has 2 rings (SSSR count). The lowest BCUT2D eigenvalue weighted by Gasteiger charge is -2.10. The fourth-order valence-corrected chi connectivity index (χ4v) is 1.88. The molecule has 0 unspecified atom stereocenters. The maximum Gasteiger partial charge on any atom is 0.0572 e. The van der Waals surface area contributed by atoms with Crippen LogP contribution in [0.25, 0.3) is 5.57 Å². The van der Waals surface area contributed by atoms with E-state index in [9.17, 15) is 0 Å². The first-order valence-corrected chi connectivity index (χ1v) is 5.02. The smallest absolute Gasteiger partial charge is 0.0572 e. The Labute approximate surface area is 85.2 Å². The van der Waals surface area contributed by atoms with E-state index in [1.165, 1.54) is 22.3 Å². The minimum Gasteiger partial charge on any atom is -0.293 e. The van der Waals surface area contributed by atoms with Crippen molar-refractivity contribution in [1.82, 2.24) is 0 Å². The average molecular weight is 185 g/mol. The molecule has 1 heteroatoms. The minimum atomic E-state index is 0.836. The number of hydrogen-bond acceptors (Lipinski definition) is 1. The number of rotatable bonds is 1. The summed E-state index contributed by atoms with van der Waals surface area (Å²) in [7, 11) is 0. The van der Waals surface area contributed by atoms with Crippen molar-refractivity contribution in [2.24, 2.45) is 4.99 Å². The summed E-state index contributed by atoms with van der Waals surface area (Å²) in [5.74, 6) is 0. The summed E-state index contributed by atoms with van der Waals surface area (Å²) in [4.78, 5) is 4.20. The van der Waals surface area contributed by atoms with Crippen molar-refractivity contribution in [2.75, 3.05) is 6.54 Å². The van der Waals surface area contributed by atoms with Gasteiger partial charge < -0.3 is 0 Å². The van der Waals surface area contributed by atoms with Gasteiger partial charge in [0, 0.05) is 12.6 Å². The number of nitrogens with zero attached hydrogens (tertiary/aromatic N) is 1. The molecule has 0 bridgehead atoms. The van der Waals surface area contributed by atoms with Gasteiger partial charge in [0.2, 0.25) is 0 Å². The molecule has 1 heterocycles. The molecule has 1 aliphatic heterocycles. The molecular formula is C13H15N. The zero-order chi connectivity index (χ0) is 9.97. The highest BCUT2D eigenvalue weighted by Crippen LogP contribution is 2.21. The molecule has 0 aromatic heterocycles. The Morgan fingerprint density at radius 2 is 1.79 bits per heavy atom. The zero-order valence-corrected chi connectivity index (χ0v) is 8.75. The fraction of sp³-hybridized carbons (Fsp3) is 0.308. The summed E-state index contributed by atoms with van der Waals surface area (Å²) in [6, 6.07) is 6.71. The Kier molecular flexibility index (Phi) is 2.49. The second kappa shape index (κ2) is 3.79. The highest BCUT2D eigenvalue weighted by Gasteiger charge is 2.03. The van der Waals surface area contributed by atoms with Gasteiger partial charge in [-0.3, -0.25) is 4.99 Å². The summed E-state index contributed by atoms with van der Waals surface area (Å²) < 4.78 is 0. The van der Waals surface area contributed by atoms with E-state index in [0.29, 0.717) is 0 Å². The van der Waals surface area contributed by atoms with Crippen LogP contribution in [0, 0.1) is 13.8 Å². The van der Waals surface area contributed by atoms with Crippen molar-refractivity contribution in [2.45, 2.75) is 20.3 Å². The quantitative estimate of drug-likeness (QED) is 0.637. The maximum absolute atomic E-state index is 4.20. The topological polar surface area (TPSA) is 12.4 Å². The Morgan fingerprint density at radius 3 is 2.36 bits per heavy atom. The van der Waals surface area contributed by atoms with Gasteiger partial charge in [0.25, 0.3) is 0 Å². The van der Waals surface area contributed by atoms with Crippen LogP contribution in [0.1, 0.15) is 23.1 Å². The first kappa shape index (κ1) is 9.20. The maximum atomic E-state index is 4.20. The standard InChI is InChI=1S/C13H15N/c1-10-7-11(2)9-13(8-10)12-3-5-14-6-4-12/h3,6-9H,4-5H2,1-2H3. The molecule has 0 spiro atoms. The van der Waals surface area contributed by atoms with E-state index < -0.39 is 0 Å². The van der Waals surface area contributed by atoms with Crippen LogP contribution in [-0.2, 0) is 0 Å². The molecule has 0 saturated heterocycles. The second-order valence-electron chi connectivity index (χ2n) is 3.86. The fourth-order valence-electron chi connectivity index (χ4n) is 1.88. The van der Waals surface area contributed by atoms with Gasteiger partial charge in [-0.05, 0) is 25.0 Å². The van der Waals surface area contributed by atoms with E-state index >= 15 is 0 Å². The first-order valence-electron chi connectivity index (χ1n) is 5.02. The van der Waals surface area contributed by atoms with Gasteiger partial charge in [0.15, 0.2) is 0 Å². The lowest BCUT2D eigenvalue weighted by molar-refractivity contribution is 1.20. The molecular weight excluding hydrogens is 170 g/mol. The summed E-state index contributed by atoms with van der Waals surface area (Å²) in [5.41, 5.74) is 5.44. The van der Waals surface area contributed by atoms with Crippen LogP contribution >= 0.6 is 0 Å². The van der Waals surface area contributed by atoms with Gasteiger partial charge in [0.05, 0.1) is 6.54 Å². The van der Waals surface area contributed by atoms with E-state index in [2.05, 4.69) is 43.1 Å². The van der Waals surface area contributed by atoms with Gasteiger partial charge in [-0.2, -0.15) is 0 Å². The van der Waals surface area contributed by atoms with Gasteiger partial charge in [0.1, 0.15) is 0 Å². The van der Waals surface area contributed by atoms with E-state index in [0.717, 1.165) is 13.0 Å². The van der Waals surface area contributed by atoms with E-state index in [1.54, 1.807) is 0 Å². The van der Waals surface area contributed by atoms with Crippen molar-refractivity contribution in [3.8, 4) is 0 Å². The Morgan fingerprint density at radius 1 is 1.07 bits per heavy atom. The van der Waals surface area contributed by atoms with E-state index in [-0.39, 0.29) is 0 Å². The Balaban J connectivity index is 2.36. The largest absolute Gasteiger partial charge is 0.293 e. The molecule has 0 aliphatic carbocycles. The third kappa shape index (κ3) is 1.92. The molecule has 0 amide bonds. The second-order valence-corrected chi connectivity index (χ2v) is 3.86. The molecule has 72 valence electrons. The number of aliphatic imine (C=N–C) groups is 1. The van der Waals surface area contributed by atoms with Gasteiger partial charge in [-0.1, -0.05) is 35.4 Å². The monoisotopic (exact) mass is 185 g/mol. The van der Waals surface area contributed by atoms with Crippen molar-refractivity contribution in [3.05, 3.63) is 41.0 Å². The zero-order valence-electron chi connectivity index (χ0n) is 8.75. The predicted octanol–water partition coefficient (Wildman–Crippen LogP) is 3.16. The van der Waals surface area contributed by atoms with Gasteiger partial charge in [-0.25, -0.2) is 0 Å². The van der Waals surface area contributed by atoms with Gasteiger partial charge in [-0.15, -0.1) is 0 Å². The van der Waals surface area contributed by atoms with Gasteiger partial charge >= 0.3 is 0 Å². The minimum absolute atomic E-state index is 0.836. The SMILES string of the molecule is Cc1cc(C)cc(C2=CCN=CC2)c1. The lowest BCUT2D eigenvalue weighted by atomic mass is 9.98. The molecule has 0 atom stereocenters. The van der Waals surface area contributed by atoms with Crippen LogP contribution in [0.15, 0.2) is 29.3 Å². The van der Waals surface area contributed by atoms with Crippen molar-refractivity contribution in [1.29, 1.82) is 0 Å². The summed E-state index contributed by atoms with van der Waals surface area (Å²) in [5, 5.41) is 0. The number of dihydropyridines is 1. The van der Waals surface area contributed by atoms with E-state index in [1.807, 2.05) is 6.21 Å². The third-order valence-corrected chi connectivity index (χ3v) is 2.48. The third-order valence-electron chi connectivity index (χ3n) is 2.48. The molecule has 0 fully saturated rings. The molecule has 0 radical (unpaired) electrons. The molecule has 1 aromatic carbocycles. The normalized spacial score (nSPS) is 15.4.